The minimum Gasteiger partial charge on any atom is -0.365 e. The number of hydrogen-bond donors (Lipinski definition) is 0. The minimum absolute atomic E-state index is 0.00485. The van der Waals surface area contributed by atoms with Crippen molar-refractivity contribution in [3.63, 3.8) is 0 Å². The van der Waals surface area contributed by atoms with Crippen LogP contribution in [0.1, 0.15) is 23.7 Å². The number of Topliss-reactive ketones (excluding diaryl/α,β-unsaturated/α-hetero) is 1. The van der Waals surface area contributed by atoms with Crippen molar-refractivity contribution in [1.82, 2.24) is 0 Å². The molecule has 0 saturated carbocycles. The molecule has 1 unspecified atom stereocenters. The fraction of sp³-hybridized carbons (Fsp3) is 0.462. The van der Waals surface area contributed by atoms with Crippen LogP contribution in [0.2, 0.25) is 0 Å². The number of nitro benzene ring substituents is 1. The first kappa shape index (κ1) is 15.4. The average Bonchev–Trinajstić information content (AvgIpc) is 2.77. The number of ketones is 1. The zero-order valence-electron chi connectivity index (χ0n) is 11.8. The largest absolute Gasteiger partial charge is 0.365 e. The van der Waals surface area contributed by atoms with E-state index in [4.69, 9.17) is 0 Å². The fourth-order valence-corrected chi connectivity index (χ4v) is 4.24. The summed E-state index contributed by atoms with van der Waals surface area (Å²) in [6.07, 6.45) is 0.449. The molecule has 1 saturated heterocycles. The van der Waals surface area contributed by atoms with Crippen LogP contribution in [0.4, 0.5) is 11.4 Å². The van der Waals surface area contributed by atoms with Crippen LogP contribution in [0, 0.1) is 10.1 Å². The van der Waals surface area contributed by atoms with Gasteiger partial charge in [0.1, 0.15) is 5.69 Å². The van der Waals surface area contributed by atoms with Crippen molar-refractivity contribution in [3.05, 3.63) is 33.9 Å². The SMILES string of the molecule is CC(=O)c1ccc(N(C)C2CCS(=O)(=O)C2)c([N+](=O)[O-])c1. The summed E-state index contributed by atoms with van der Waals surface area (Å²) < 4.78 is 23.1. The highest BCUT2D eigenvalue weighted by atomic mass is 32.2. The van der Waals surface area contributed by atoms with E-state index in [0.717, 1.165) is 0 Å². The monoisotopic (exact) mass is 312 g/mol. The lowest BCUT2D eigenvalue weighted by Crippen LogP contribution is -2.33. The van der Waals surface area contributed by atoms with Gasteiger partial charge in [-0.3, -0.25) is 14.9 Å². The molecule has 0 spiro atoms. The van der Waals surface area contributed by atoms with E-state index in [9.17, 15) is 23.3 Å². The number of anilines is 1. The quantitative estimate of drug-likeness (QED) is 0.474. The number of nitro groups is 1. The van der Waals surface area contributed by atoms with Gasteiger partial charge in [-0.15, -0.1) is 0 Å². The van der Waals surface area contributed by atoms with Crippen molar-refractivity contribution < 1.29 is 18.1 Å². The van der Waals surface area contributed by atoms with Crippen molar-refractivity contribution >= 4 is 27.0 Å². The molecule has 8 heteroatoms. The highest BCUT2D eigenvalue weighted by molar-refractivity contribution is 7.91. The van der Waals surface area contributed by atoms with Gasteiger partial charge in [-0.05, 0) is 25.5 Å². The van der Waals surface area contributed by atoms with Crippen LogP contribution < -0.4 is 4.90 Å². The van der Waals surface area contributed by atoms with Crippen LogP contribution in [-0.2, 0) is 9.84 Å². The van der Waals surface area contributed by atoms with Crippen LogP contribution in [0.15, 0.2) is 18.2 Å². The smallest absolute Gasteiger partial charge is 0.293 e. The third-order valence-electron chi connectivity index (χ3n) is 3.71. The molecule has 1 aromatic rings. The lowest BCUT2D eigenvalue weighted by Gasteiger charge is -2.25. The van der Waals surface area contributed by atoms with E-state index < -0.39 is 14.8 Å². The van der Waals surface area contributed by atoms with Gasteiger partial charge < -0.3 is 4.90 Å². The van der Waals surface area contributed by atoms with Gasteiger partial charge in [-0.2, -0.15) is 0 Å². The second-order valence-electron chi connectivity index (χ2n) is 5.18. The normalized spacial score (nSPS) is 20.2. The molecule has 0 amide bonds. The average molecular weight is 312 g/mol. The van der Waals surface area contributed by atoms with Gasteiger partial charge >= 0.3 is 0 Å². The Kier molecular flexibility index (Phi) is 3.99. The number of sulfone groups is 1. The molecule has 0 aliphatic carbocycles. The van der Waals surface area contributed by atoms with Crippen LogP contribution in [-0.4, -0.2) is 43.7 Å². The molecule has 1 heterocycles. The lowest BCUT2D eigenvalue weighted by molar-refractivity contribution is -0.384. The van der Waals surface area contributed by atoms with Crippen LogP contribution >= 0.6 is 0 Å². The first-order chi connectivity index (χ1) is 9.71. The zero-order chi connectivity index (χ0) is 15.8. The second kappa shape index (κ2) is 5.44. The predicted molar refractivity (Wildman–Crippen MR) is 78.6 cm³/mol. The van der Waals surface area contributed by atoms with Gasteiger partial charge in [0.15, 0.2) is 15.6 Å². The van der Waals surface area contributed by atoms with Crippen LogP contribution in [0.3, 0.4) is 0 Å². The van der Waals surface area contributed by atoms with Gasteiger partial charge in [-0.1, -0.05) is 0 Å². The Morgan fingerprint density at radius 1 is 1.43 bits per heavy atom. The molecule has 7 nitrogen and oxygen atoms in total. The molecule has 2 rings (SSSR count). The van der Waals surface area contributed by atoms with Crippen molar-refractivity contribution in [2.75, 3.05) is 23.5 Å². The topological polar surface area (TPSA) is 97.6 Å². The lowest BCUT2D eigenvalue weighted by atomic mass is 10.1. The Morgan fingerprint density at radius 3 is 2.57 bits per heavy atom. The summed E-state index contributed by atoms with van der Waals surface area (Å²) in [5.74, 6) is -0.160. The van der Waals surface area contributed by atoms with Crippen molar-refractivity contribution in [1.29, 1.82) is 0 Å². The molecule has 1 aliphatic rings. The highest BCUT2D eigenvalue weighted by Gasteiger charge is 2.33. The van der Waals surface area contributed by atoms with E-state index in [1.54, 1.807) is 11.9 Å². The van der Waals surface area contributed by atoms with Crippen molar-refractivity contribution in [3.8, 4) is 0 Å². The fourth-order valence-electron chi connectivity index (χ4n) is 2.46. The number of nitrogens with zero attached hydrogens (tertiary/aromatic N) is 2. The Bertz CT molecular complexity index is 699. The number of carbonyl (C=O) groups excluding carboxylic acids is 1. The minimum atomic E-state index is -3.07. The maximum atomic E-state index is 11.5. The summed E-state index contributed by atoms with van der Waals surface area (Å²) in [6.45, 7) is 1.34. The summed E-state index contributed by atoms with van der Waals surface area (Å²) >= 11 is 0. The third-order valence-corrected chi connectivity index (χ3v) is 5.47. The Balaban J connectivity index is 2.39. The van der Waals surface area contributed by atoms with E-state index in [-0.39, 0.29) is 34.6 Å². The first-order valence-electron chi connectivity index (χ1n) is 6.44. The number of hydrogen-bond acceptors (Lipinski definition) is 6. The molecule has 0 N–H and O–H groups in total. The molecule has 114 valence electrons. The third kappa shape index (κ3) is 3.21. The van der Waals surface area contributed by atoms with Gasteiger partial charge in [0, 0.05) is 24.7 Å². The molecule has 21 heavy (non-hydrogen) atoms. The standard InChI is InChI=1S/C13H16N2O5S/c1-9(16)10-3-4-12(13(7-10)15(17)18)14(2)11-5-6-21(19,20)8-11/h3-4,7,11H,5-6,8H2,1-2H3. The maximum absolute atomic E-state index is 11.5. The van der Waals surface area contributed by atoms with E-state index in [1.165, 1.54) is 25.1 Å². The van der Waals surface area contributed by atoms with E-state index >= 15 is 0 Å². The van der Waals surface area contributed by atoms with E-state index in [1.807, 2.05) is 0 Å². The first-order valence-corrected chi connectivity index (χ1v) is 8.26. The molecular formula is C13H16N2O5S. The molecule has 0 aromatic heterocycles. The van der Waals surface area contributed by atoms with Crippen molar-refractivity contribution in [2.24, 2.45) is 0 Å². The van der Waals surface area contributed by atoms with E-state index in [2.05, 4.69) is 0 Å². The maximum Gasteiger partial charge on any atom is 0.293 e. The molecule has 1 fully saturated rings. The summed E-state index contributed by atoms with van der Waals surface area (Å²) in [5, 5.41) is 11.2. The van der Waals surface area contributed by atoms with Gasteiger partial charge in [0.2, 0.25) is 0 Å². The predicted octanol–water partition coefficient (Wildman–Crippen LogP) is 1.42. The highest BCUT2D eigenvalue weighted by Crippen LogP contribution is 2.32. The van der Waals surface area contributed by atoms with E-state index in [0.29, 0.717) is 12.1 Å². The Morgan fingerprint density at radius 2 is 2.10 bits per heavy atom. The van der Waals surface area contributed by atoms with Crippen LogP contribution in [0.5, 0.6) is 0 Å². The molecule has 1 aliphatic heterocycles. The summed E-state index contributed by atoms with van der Waals surface area (Å²) in [7, 11) is -1.43. The van der Waals surface area contributed by atoms with Crippen molar-refractivity contribution in [2.45, 2.75) is 19.4 Å². The summed E-state index contributed by atoms with van der Waals surface area (Å²) in [6, 6.07) is 3.97. The zero-order valence-corrected chi connectivity index (χ0v) is 12.6. The van der Waals surface area contributed by atoms with Gasteiger partial charge in [-0.25, -0.2) is 8.42 Å². The number of rotatable bonds is 4. The second-order valence-corrected chi connectivity index (χ2v) is 7.41. The van der Waals surface area contributed by atoms with Gasteiger partial charge in [0.25, 0.3) is 5.69 Å². The number of benzene rings is 1. The van der Waals surface area contributed by atoms with Gasteiger partial charge in [0.05, 0.1) is 16.4 Å². The molecule has 0 bridgehead atoms. The Hall–Kier alpha value is -1.96. The number of carbonyl (C=O) groups is 1. The summed E-state index contributed by atoms with van der Waals surface area (Å²) in [5.41, 5.74) is 0.402. The molecule has 1 aromatic carbocycles. The van der Waals surface area contributed by atoms with Crippen LogP contribution in [0.25, 0.3) is 0 Å². The molecule has 0 radical (unpaired) electrons. The molecule has 1 atom stereocenters. The summed E-state index contributed by atoms with van der Waals surface area (Å²) in [4.78, 5) is 23.6. The molecular weight excluding hydrogens is 296 g/mol. The Labute approximate surface area is 122 Å².